The molecule has 0 saturated carbocycles. The van der Waals surface area contributed by atoms with Crippen molar-refractivity contribution >= 4 is 22.1 Å². The van der Waals surface area contributed by atoms with Gasteiger partial charge in [0.1, 0.15) is 11.8 Å². The van der Waals surface area contributed by atoms with Gasteiger partial charge in [0.05, 0.1) is 18.6 Å². The molecule has 1 fully saturated rings. The third-order valence-corrected chi connectivity index (χ3v) is 7.46. The number of rotatable bonds is 12. The van der Waals surface area contributed by atoms with Crippen LogP contribution in [0.3, 0.4) is 0 Å². The Balaban J connectivity index is 1.50. The van der Waals surface area contributed by atoms with Gasteiger partial charge in [0.25, 0.3) is 0 Å². The van der Waals surface area contributed by atoms with E-state index < -0.39 is 28.1 Å². The van der Waals surface area contributed by atoms with E-state index in [1.807, 2.05) is 60.7 Å². The third-order valence-electron chi connectivity index (χ3n) is 6.54. The van der Waals surface area contributed by atoms with Crippen LogP contribution in [0.1, 0.15) is 17.5 Å². The lowest BCUT2D eigenvalue weighted by Gasteiger charge is -2.29. The fourth-order valence-electron chi connectivity index (χ4n) is 4.36. The minimum Gasteiger partial charge on any atom is -0.379 e. The number of carbonyl (C=O) groups excluding carboxylic acids is 2. The maximum atomic E-state index is 13.6. The van der Waals surface area contributed by atoms with E-state index in [0.717, 1.165) is 16.5 Å². The fraction of sp³-hybridized carbons (Fsp3) is 0.290. The van der Waals surface area contributed by atoms with E-state index >= 15 is 0 Å². The minimum absolute atomic E-state index is 0.191. The number of benzene rings is 3. The molecule has 216 valence electrons. The van der Waals surface area contributed by atoms with Gasteiger partial charge in [-0.15, -0.1) is 0 Å². The first-order valence-corrected chi connectivity index (χ1v) is 15.0. The molecule has 3 aromatic rings. The number of hydrogen-bond acceptors (Lipinski definition) is 6. The van der Waals surface area contributed by atoms with Crippen LogP contribution >= 0.6 is 0 Å². The number of amides is 3. The number of aryl methyl sites for hydroxylation is 1. The van der Waals surface area contributed by atoms with Crippen molar-refractivity contribution in [2.24, 2.45) is 0 Å². The number of nitrogens with one attached hydrogen (secondary N) is 2. The van der Waals surface area contributed by atoms with Crippen LogP contribution in [0.5, 0.6) is 5.75 Å². The second kappa shape index (κ2) is 15.0. The molecular weight excluding hydrogens is 542 g/mol. The zero-order valence-electron chi connectivity index (χ0n) is 22.7. The van der Waals surface area contributed by atoms with E-state index in [2.05, 4.69) is 10.6 Å². The largest absolute Gasteiger partial charge is 0.379 e. The zero-order chi connectivity index (χ0) is 28.9. The van der Waals surface area contributed by atoms with Crippen molar-refractivity contribution in [1.82, 2.24) is 15.5 Å². The van der Waals surface area contributed by atoms with Crippen molar-refractivity contribution in [2.45, 2.75) is 31.3 Å². The van der Waals surface area contributed by atoms with E-state index in [4.69, 9.17) is 8.92 Å². The molecule has 0 radical (unpaired) electrons. The van der Waals surface area contributed by atoms with E-state index in [1.165, 1.54) is 6.08 Å². The smallest absolute Gasteiger partial charge is 0.332 e. The van der Waals surface area contributed by atoms with Crippen molar-refractivity contribution < 1.29 is 26.9 Å². The van der Waals surface area contributed by atoms with Crippen molar-refractivity contribution in [1.29, 1.82) is 0 Å². The average molecular weight is 578 g/mol. The van der Waals surface area contributed by atoms with Gasteiger partial charge in [-0.25, -0.2) is 4.79 Å². The van der Waals surface area contributed by atoms with E-state index in [-0.39, 0.29) is 18.2 Å². The summed E-state index contributed by atoms with van der Waals surface area (Å²) in [5.74, 6) is -0.227. The number of nitrogens with zero attached hydrogens (tertiary/aromatic N) is 1. The molecule has 41 heavy (non-hydrogen) atoms. The Kier molecular flexibility index (Phi) is 10.9. The number of hydrogen-bond donors (Lipinski definition) is 2. The van der Waals surface area contributed by atoms with Crippen LogP contribution in [0.15, 0.2) is 102 Å². The summed E-state index contributed by atoms with van der Waals surface area (Å²) in [5.41, 5.74) is 1.93. The highest BCUT2D eigenvalue weighted by Crippen LogP contribution is 2.14. The number of ether oxygens (including phenoxy) is 1. The molecule has 9 nitrogen and oxygen atoms in total. The molecule has 3 amide bonds. The lowest BCUT2D eigenvalue weighted by atomic mass is 10.0. The van der Waals surface area contributed by atoms with Gasteiger partial charge in [0.2, 0.25) is 5.91 Å². The molecule has 0 spiro atoms. The van der Waals surface area contributed by atoms with Gasteiger partial charge in [-0.2, -0.15) is 8.42 Å². The van der Waals surface area contributed by atoms with Gasteiger partial charge in [0.15, 0.2) is 0 Å². The molecular formula is C31H35N3O6S. The second-order valence-corrected chi connectivity index (χ2v) is 11.1. The predicted molar refractivity (Wildman–Crippen MR) is 157 cm³/mol. The van der Waals surface area contributed by atoms with E-state index in [0.29, 0.717) is 39.1 Å². The van der Waals surface area contributed by atoms with Gasteiger partial charge < -0.3 is 24.5 Å². The monoisotopic (exact) mass is 577 g/mol. The van der Waals surface area contributed by atoms with Gasteiger partial charge in [-0.05, 0) is 42.2 Å². The van der Waals surface area contributed by atoms with Crippen molar-refractivity contribution in [3.05, 3.63) is 114 Å². The summed E-state index contributed by atoms with van der Waals surface area (Å²) in [5, 5.41) is 6.79. The molecule has 4 rings (SSSR count). The highest BCUT2D eigenvalue weighted by atomic mass is 32.2. The Bertz CT molecular complexity index is 1380. The first kappa shape index (κ1) is 29.8. The molecule has 0 aromatic heterocycles. The average Bonchev–Trinajstić information content (AvgIpc) is 3.00. The van der Waals surface area contributed by atoms with E-state index in [9.17, 15) is 18.0 Å². The molecule has 2 atom stereocenters. The molecule has 3 aromatic carbocycles. The van der Waals surface area contributed by atoms with Crippen molar-refractivity contribution in [3.63, 3.8) is 0 Å². The topological polar surface area (TPSA) is 114 Å². The van der Waals surface area contributed by atoms with Crippen LogP contribution in [-0.4, -0.2) is 63.6 Å². The Morgan fingerprint density at radius 2 is 1.44 bits per heavy atom. The maximum absolute atomic E-state index is 13.6. The lowest BCUT2D eigenvalue weighted by Crippen LogP contribution is -2.55. The minimum atomic E-state index is -4.07. The van der Waals surface area contributed by atoms with Gasteiger partial charge >= 0.3 is 16.1 Å². The molecule has 2 N–H and O–H groups in total. The van der Waals surface area contributed by atoms with Crippen LogP contribution in [0.2, 0.25) is 0 Å². The van der Waals surface area contributed by atoms with Gasteiger partial charge in [-0.3, -0.25) is 4.79 Å². The predicted octanol–water partition coefficient (Wildman–Crippen LogP) is 3.68. The van der Waals surface area contributed by atoms with Gasteiger partial charge in [0, 0.05) is 25.6 Å². The maximum Gasteiger partial charge on any atom is 0.332 e. The Morgan fingerprint density at radius 3 is 2.07 bits per heavy atom. The standard InChI is InChI=1S/C31H35N3O6S/c35-30(29(24-26-12-6-2-7-13-26)33-31(36)34-19-21-39-22-20-34)32-27(17-16-25-10-4-1-5-11-25)18-23-41(37,38)40-28-14-8-3-9-15-28/h1-15,18,23,27,29H,16-17,19-22,24H2,(H,32,35)(H,33,36)/b23-18+/t27-,29-/m0/s1. The summed E-state index contributed by atoms with van der Waals surface area (Å²) in [4.78, 5) is 28.2. The Labute approximate surface area is 241 Å². The number of para-hydroxylation sites is 1. The normalized spacial score (nSPS) is 15.2. The zero-order valence-corrected chi connectivity index (χ0v) is 23.5. The number of morpholine rings is 1. The molecule has 1 aliphatic heterocycles. The van der Waals surface area contributed by atoms with Gasteiger partial charge in [-0.1, -0.05) is 78.9 Å². The molecule has 1 aliphatic rings. The summed E-state index contributed by atoms with van der Waals surface area (Å²) in [6.45, 7) is 1.75. The highest BCUT2D eigenvalue weighted by molar-refractivity contribution is 7.90. The molecule has 0 aliphatic carbocycles. The van der Waals surface area contributed by atoms with Crippen LogP contribution in [0.4, 0.5) is 4.79 Å². The van der Waals surface area contributed by atoms with Crippen molar-refractivity contribution in [2.75, 3.05) is 26.3 Å². The first-order valence-electron chi connectivity index (χ1n) is 13.6. The lowest BCUT2D eigenvalue weighted by molar-refractivity contribution is -0.123. The van der Waals surface area contributed by atoms with Crippen LogP contribution in [-0.2, 0) is 32.5 Å². The molecule has 0 unspecified atom stereocenters. The van der Waals surface area contributed by atoms with Crippen LogP contribution in [0.25, 0.3) is 0 Å². The SMILES string of the molecule is O=C(N[C@H](/C=C/S(=O)(=O)Oc1ccccc1)CCc1ccccc1)[C@H](Cc1ccccc1)NC(=O)N1CCOCC1. The first-order chi connectivity index (χ1) is 19.9. The van der Waals surface area contributed by atoms with Crippen LogP contribution in [0, 0.1) is 0 Å². The summed E-state index contributed by atoms with van der Waals surface area (Å²) in [7, 11) is -4.07. The van der Waals surface area contributed by atoms with Crippen LogP contribution < -0.4 is 14.8 Å². The molecule has 1 heterocycles. The number of urea groups is 1. The van der Waals surface area contributed by atoms with Crippen molar-refractivity contribution in [3.8, 4) is 5.75 Å². The molecule has 1 saturated heterocycles. The number of carbonyl (C=O) groups is 2. The fourth-order valence-corrected chi connectivity index (χ4v) is 5.18. The van der Waals surface area contributed by atoms with E-state index in [1.54, 1.807) is 35.2 Å². The quantitative estimate of drug-likeness (QED) is 0.318. The second-order valence-electron chi connectivity index (χ2n) is 9.65. The summed E-state index contributed by atoms with van der Waals surface area (Å²) >= 11 is 0. The molecule has 10 heteroatoms. The highest BCUT2D eigenvalue weighted by Gasteiger charge is 2.26. The Morgan fingerprint density at radius 1 is 0.854 bits per heavy atom. The summed E-state index contributed by atoms with van der Waals surface area (Å²) in [6.07, 6.45) is 2.72. The summed E-state index contributed by atoms with van der Waals surface area (Å²) < 4.78 is 35.8. The summed E-state index contributed by atoms with van der Waals surface area (Å²) in [6, 6.07) is 25.5. The third kappa shape index (κ3) is 10.1. The molecule has 0 bridgehead atoms. The Hall–Kier alpha value is -4.15.